The Morgan fingerprint density at radius 3 is 1.47 bits per heavy atom. The van der Waals surface area contributed by atoms with Gasteiger partial charge >= 0.3 is 12.4 Å². The van der Waals surface area contributed by atoms with Crippen molar-refractivity contribution in [3.05, 3.63) is 70.0 Å². The van der Waals surface area contributed by atoms with Crippen molar-refractivity contribution in [3.63, 3.8) is 0 Å². The number of rotatable bonds is 4. The lowest BCUT2D eigenvalue weighted by Crippen LogP contribution is -2.33. The number of halogens is 7. The lowest BCUT2D eigenvalue weighted by Gasteiger charge is -2.32. The molecular weight excluding hydrogens is 509 g/mol. The summed E-state index contributed by atoms with van der Waals surface area (Å²) in [4.78, 5) is 4.57. The molecule has 2 aromatic carbocycles. The van der Waals surface area contributed by atoms with Crippen molar-refractivity contribution in [3.8, 4) is 0 Å². The molecule has 0 unspecified atom stereocenters. The quantitative estimate of drug-likeness (QED) is 0.356. The summed E-state index contributed by atoms with van der Waals surface area (Å²) in [7, 11) is 0. The Hall–Kier alpha value is -2.13. The first-order valence-electron chi connectivity index (χ1n) is 13.3. The number of likely N-dealkylation sites (tertiary alicyclic amines) is 2. The SMILES string of the molecule is CCN1CCC(c2cccc(C(F)(F)F)c2C)CC1.CCN1CCC(c2cccc(C(F)(F)F)c2F)CC1. The summed E-state index contributed by atoms with van der Waals surface area (Å²) in [5, 5.41) is 0. The summed E-state index contributed by atoms with van der Waals surface area (Å²) in [6.45, 7) is 11.3. The molecule has 2 saturated heterocycles. The van der Waals surface area contributed by atoms with Gasteiger partial charge in [-0.1, -0.05) is 38.1 Å². The second kappa shape index (κ2) is 12.8. The molecule has 0 atom stereocenters. The van der Waals surface area contributed by atoms with E-state index >= 15 is 0 Å². The third-order valence-corrected chi connectivity index (χ3v) is 7.96. The molecule has 2 aliphatic rings. The van der Waals surface area contributed by atoms with Gasteiger partial charge in [-0.2, -0.15) is 26.3 Å². The van der Waals surface area contributed by atoms with E-state index in [1.807, 2.05) is 13.0 Å². The van der Waals surface area contributed by atoms with Crippen LogP contribution in [0.2, 0.25) is 0 Å². The molecule has 38 heavy (non-hydrogen) atoms. The van der Waals surface area contributed by atoms with E-state index < -0.39 is 29.3 Å². The summed E-state index contributed by atoms with van der Waals surface area (Å²) in [6, 6.07) is 8.17. The Bertz CT molecular complexity index is 949. The Balaban J connectivity index is 0.000000211. The van der Waals surface area contributed by atoms with Gasteiger partial charge in [-0.25, -0.2) is 4.39 Å². The lowest BCUT2D eigenvalue weighted by molar-refractivity contribution is -0.140. The maximum Gasteiger partial charge on any atom is 0.419 e. The average Bonchev–Trinajstić information content (AvgIpc) is 2.88. The number of nitrogens with zero attached hydrogens (tertiary/aromatic N) is 2. The van der Waals surface area contributed by atoms with Crippen molar-refractivity contribution in [1.29, 1.82) is 0 Å². The monoisotopic (exact) mass is 546 g/mol. The van der Waals surface area contributed by atoms with Crippen LogP contribution in [-0.4, -0.2) is 49.1 Å². The van der Waals surface area contributed by atoms with E-state index in [1.165, 1.54) is 24.3 Å². The molecule has 2 aliphatic heterocycles. The highest BCUT2D eigenvalue weighted by Gasteiger charge is 2.36. The molecule has 0 aromatic heterocycles. The summed E-state index contributed by atoms with van der Waals surface area (Å²) >= 11 is 0. The lowest BCUT2D eigenvalue weighted by atomic mass is 9.85. The first-order valence-corrected chi connectivity index (χ1v) is 13.3. The second-order valence-corrected chi connectivity index (χ2v) is 10.1. The summed E-state index contributed by atoms with van der Waals surface area (Å²) in [6.07, 6.45) is -5.53. The van der Waals surface area contributed by atoms with Gasteiger partial charge in [-0.3, -0.25) is 0 Å². The molecule has 0 aliphatic carbocycles. The third kappa shape index (κ3) is 7.50. The van der Waals surface area contributed by atoms with Crippen molar-refractivity contribution in [2.75, 3.05) is 39.3 Å². The van der Waals surface area contributed by atoms with Crippen LogP contribution in [0.4, 0.5) is 30.7 Å². The van der Waals surface area contributed by atoms with Crippen LogP contribution in [0.25, 0.3) is 0 Å². The molecule has 0 spiro atoms. The fourth-order valence-electron chi connectivity index (χ4n) is 5.61. The van der Waals surface area contributed by atoms with Gasteiger partial charge in [0.25, 0.3) is 0 Å². The van der Waals surface area contributed by atoms with Crippen LogP contribution in [0.5, 0.6) is 0 Å². The zero-order valence-electron chi connectivity index (χ0n) is 22.2. The van der Waals surface area contributed by atoms with E-state index in [9.17, 15) is 30.7 Å². The Labute approximate surface area is 220 Å². The Morgan fingerprint density at radius 2 is 1.05 bits per heavy atom. The number of alkyl halides is 6. The largest absolute Gasteiger partial charge is 0.419 e. The second-order valence-electron chi connectivity index (χ2n) is 10.1. The van der Waals surface area contributed by atoms with Crippen molar-refractivity contribution in [1.82, 2.24) is 9.80 Å². The topological polar surface area (TPSA) is 6.48 Å². The maximum absolute atomic E-state index is 14.0. The summed E-state index contributed by atoms with van der Waals surface area (Å²) in [5.74, 6) is -0.930. The van der Waals surface area contributed by atoms with Crippen LogP contribution in [0.15, 0.2) is 36.4 Å². The smallest absolute Gasteiger partial charge is 0.304 e. The minimum absolute atomic E-state index is 0.106. The Morgan fingerprint density at radius 1 is 0.658 bits per heavy atom. The van der Waals surface area contributed by atoms with Crippen molar-refractivity contribution >= 4 is 0 Å². The standard InChI is InChI=1S/C15H20F3N.C14H17F4N/c1-3-19-9-7-12(8-10-19)13-5-4-6-14(11(13)2)15(16,17)18;1-2-19-8-6-10(7-9-19)11-4-3-5-12(13(11)15)14(16,17)18/h4-6,12H,3,7-10H2,1-2H3;3-5,10H,2,6-9H2,1H3. The van der Waals surface area contributed by atoms with Gasteiger partial charge in [-0.05, 0) is 113 Å². The van der Waals surface area contributed by atoms with Gasteiger partial charge in [0.15, 0.2) is 0 Å². The highest BCUT2D eigenvalue weighted by atomic mass is 19.4. The van der Waals surface area contributed by atoms with E-state index in [-0.39, 0.29) is 17.4 Å². The molecule has 4 rings (SSSR count). The van der Waals surface area contributed by atoms with Crippen LogP contribution in [-0.2, 0) is 12.4 Å². The average molecular weight is 547 g/mol. The molecule has 0 N–H and O–H groups in total. The molecule has 212 valence electrons. The summed E-state index contributed by atoms with van der Waals surface area (Å²) in [5.41, 5.74) is -0.132. The van der Waals surface area contributed by atoms with E-state index in [2.05, 4.69) is 16.7 Å². The van der Waals surface area contributed by atoms with Crippen molar-refractivity contribution < 1.29 is 30.7 Å². The van der Waals surface area contributed by atoms with Gasteiger partial charge in [-0.15, -0.1) is 0 Å². The molecule has 2 aromatic rings. The fourth-order valence-corrected chi connectivity index (χ4v) is 5.61. The van der Waals surface area contributed by atoms with Crippen LogP contribution >= 0.6 is 0 Å². The number of piperidine rings is 2. The number of benzene rings is 2. The first-order chi connectivity index (χ1) is 17.9. The van der Waals surface area contributed by atoms with Crippen LogP contribution in [0, 0.1) is 12.7 Å². The molecule has 2 nitrogen and oxygen atoms in total. The predicted molar refractivity (Wildman–Crippen MR) is 136 cm³/mol. The third-order valence-electron chi connectivity index (χ3n) is 7.96. The molecule has 2 heterocycles. The van der Waals surface area contributed by atoms with Crippen molar-refractivity contribution in [2.24, 2.45) is 0 Å². The highest BCUT2D eigenvalue weighted by Crippen LogP contribution is 2.38. The van der Waals surface area contributed by atoms with Crippen LogP contribution < -0.4 is 0 Å². The van der Waals surface area contributed by atoms with E-state index in [0.29, 0.717) is 18.4 Å². The normalized spacial score (nSPS) is 18.8. The summed E-state index contributed by atoms with van der Waals surface area (Å²) < 4.78 is 90.7. The predicted octanol–water partition coefficient (Wildman–Crippen LogP) is 8.26. The van der Waals surface area contributed by atoms with E-state index in [1.54, 1.807) is 6.92 Å². The minimum Gasteiger partial charge on any atom is -0.304 e. The zero-order chi connectivity index (χ0) is 28.1. The molecule has 0 bridgehead atoms. The van der Waals surface area contributed by atoms with Crippen LogP contribution in [0.1, 0.15) is 79.2 Å². The first kappa shape index (κ1) is 30.4. The maximum atomic E-state index is 14.0. The Kier molecular flexibility index (Phi) is 10.3. The highest BCUT2D eigenvalue weighted by molar-refractivity contribution is 5.38. The van der Waals surface area contributed by atoms with Gasteiger partial charge in [0, 0.05) is 0 Å². The van der Waals surface area contributed by atoms with E-state index in [0.717, 1.165) is 63.7 Å². The van der Waals surface area contributed by atoms with E-state index in [4.69, 9.17) is 0 Å². The zero-order valence-corrected chi connectivity index (χ0v) is 22.2. The van der Waals surface area contributed by atoms with Crippen molar-refractivity contribution in [2.45, 2.75) is 70.6 Å². The molecule has 2 fully saturated rings. The molecule has 0 radical (unpaired) electrons. The van der Waals surface area contributed by atoms with Crippen LogP contribution in [0.3, 0.4) is 0 Å². The van der Waals surface area contributed by atoms with Gasteiger partial charge in [0.05, 0.1) is 11.1 Å². The number of hydrogen-bond donors (Lipinski definition) is 0. The fraction of sp³-hybridized carbons (Fsp3) is 0.586. The van der Waals surface area contributed by atoms with Gasteiger partial charge in [0.2, 0.25) is 0 Å². The molecule has 0 amide bonds. The van der Waals surface area contributed by atoms with Gasteiger partial charge < -0.3 is 9.80 Å². The molecule has 0 saturated carbocycles. The minimum atomic E-state index is -4.62. The number of hydrogen-bond acceptors (Lipinski definition) is 2. The molecular formula is C29H37F7N2. The molecule has 9 heteroatoms. The van der Waals surface area contributed by atoms with Gasteiger partial charge in [0.1, 0.15) is 5.82 Å².